The maximum Gasteiger partial charge on any atom is 0.277 e. The van der Waals surface area contributed by atoms with Crippen LogP contribution in [0.2, 0.25) is 0 Å². The number of benzene rings is 2. The van der Waals surface area contributed by atoms with Gasteiger partial charge in [0.1, 0.15) is 5.75 Å². The van der Waals surface area contributed by atoms with Crippen molar-refractivity contribution in [2.24, 2.45) is 0 Å². The van der Waals surface area contributed by atoms with E-state index in [1.807, 2.05) is 51.1 Å². The molecule has 0 radical (unpaired) electrons. The normalized spacial score (nSPS) is 12.0. The highest BCUT2D eigenvalue weighted by atomic mass is 32.2. The Hall–Kier alpha value is -2.60. The van der Waals surface area contributed by atoms with Gasteiger partial charge in [-0.1, -0.05) is 30.0 Å². The fourth-order valence-electron chi connectivity index (χ4n) is 2.92. The van der Waals surface area contributed by atoms with E-state index in [1.54, 1.807) is 7.11 Å². The highest BCUT2D eigenvalue weighted by Crippen LogP contribution is 2.27. The van der Waals surface area contributed by atoms with E-state index in [0.717, 1.165) is 28.0 Å². The summed E-state index contributed by atoms with van der Waals surface area (Å²) in [6.07, 6.45) is 0.538. The molecule has 146 valence electrons. The Labute approximate surface area is 169 Å². The summed E-state index contributed by atoms with van der Waals surface area (Å²) in [5, 5.41) is 8.29. The minimum absolute atomic E-state index is 0.0699. The summed E-state index contributed by atoms with van der Waals surface area (Å²) in [7, 11) is 1.64. The molecule has 0 saturated carbocycles. The second-order valence-electron chi connectivity index (χ2n) is 6.86. The summed E-state index contributed by atoms with van der Waals surface area (Å²) in [5.74, 6) is 1.40. The fraction of sp³-hybridized carbons (Fsp3) is 0.318. The van der Waals surface area contributed by atoms with Crippen LogP contribution in [-0.4, -0.2) is 28.3 Å². The lowest BCUT2D eigenvalue weighted by Gasteiger charge is -2.12. The van der Waals surface area contributed by atoms with E-state index in [1.165, 1.54) is 17.3 Å². The molecule has 0 bridgehead atoms. The molecule has 1 aromatic heterocycles. The molecule has 3 rings (SSSR count). The van der Waals surface area contributed by atoms with Crippen LogP contribution < -0.4 is 4.74 Å². The number of carbonyl (C=O) groups is 1. The van der Waals surface area contributed by atoms with Gasteiger partial charge in [0.05, 0.1) is 18.8 Å². The van der Waals surface area contributed by atoms with Crippen LogP contribution in [-0.2, 0) is 6.42 Å². The number of Topliss-reactive ketones (excluding diaryl/α,β-unsaturated/α-hetero) is 1. The molecule has 6 heteroatoms. The largest absolute Gasteiger partial charge is 0.497 e. The van der Waals surface area contributed by atoms with Crippen LogP contribution in [0.5, 0.6) is 5.75 Å². The SMILES string of the molecule is COc1ccc(Cc2nnc(SC(C)C(=O)c3cc(C)c(C)cc3C)o2)cc1. The molecule has 0 N–H and O–H groups in total. The van der Waals surface area contributed by atoms with E-state index in [2.05, 4.69) is 23.2 Å². The number of ketones is 1. The predicted molar refractivity (Wildman–Crippen MR) is 110 cm³/mol. The van der Waals surface area contributed by atoms with Crippen LogP contribution in [0.25, 0.3) is 0 Å². The Morgan fingerprint density at radius 1 is 1.07 bits per heavy atom. The molecule has 28 heavy (non-hydrogen) atoms. The van der Waals surface area contributed by atoms with Crippen molar-refractivity contribution in [3.05, 3.63) is 70.1 Å². The highest BCUT2D eigenvalue weighted by Gasteiger charge is 2.21. The van der Waals surface area contributed by atoms with Crippen LogP contribution in [0, 0.1) is 20.8 Å². The monoisotopic (exact) mass is 396 g/mol. The summed E-state index contributed by atoms with van der Waals surface area (Å²) in [6.45, 7) is 7.91. The van der Waals surface area contributed by atoms with Gasteiger partial charge in [-0.25, -0.2) is 0 Å². The maximum atomic E-state index is 12.9. The molecular formula is C22H24N2O3S. The third kappa shape index (κ3) is 4.62. The van der Waals surface area contributed by atoms with Crippen molar-refractivity contribution in [3.63, 3.8) is 0 Å². The van der Waals surface area contributed by atoms with Crippen molar-refractivity contribution in [3.8, 4) is 5.75 Å². The number of ether oxygens (including phenoxy) is 1. The number of hydrogen-bond acceptors (Lipinski definition) is 6. The van der Waals surface area contributed by atoms with Gasteiger partial charge in [0.25, 0.3) is 5.22 Å². The van der Waals surface area contributed by atoms with Crippen LogP contribution in [0.15, 0.2) is 46.0 Å². The van der Waals surface area contributed by atoms with Crippen LogP contribution in [0.1, 0.15) is 45.4 Å². The minimum Gasteiger partial charge on any atom is -0.497 e. The van der Waals surface area contributed by atoms with Crippen LogP contribution >= 0.6 is 11.8 Å². The Bertz CT molecular complexity index is 980. The molecule has 1 atom stereocenters. The second-order valence-corrected chi connectivity index (χ2v) is 8.15. The van der Waals surface area contributed by atoms with E-state index in [0.29, 0.717) is 17.5 Å². The zero-order valence-corrected chi connectivity index (χ0v) is 17.6. The maximum absolute atomic E-state index is 12.9. The number of thioether (sulfide) groups is 1. The van der Waals surface area contributed by atoms with Gasteiger partial charge in [0.2, 0.25) is 5.89 Å². The molecule has 0 spiro atoms. The summed E-state index contributed by atoms with van der Waals surface area (Å²) in [5.41, 5.74) is 5.10. The number of rotatable bonds is 7. The van der Waals surface area contributed by atoms with E-state index in [-0.39, 0.29) is 11.0 Å². The topological polar surface area (TPSA) is 65.2 Å². The first-order valence-corrected chi connectivity index (χ1v) is 9.99. The highest BCUT2D eigenvalue weighted by molar-refractivity contribution is 8.00. The first-order valence-electron chi connectivity index (χ1n) is 9.11. The Kier molecular flexibility index (Phi) is 6.19. The van der Waals surface area contributed by atoms with Crippen molar-refractivity contribution >= 4 is 17.5 Å². The van der Waals surface area contributed by atoms with Gasteiger partial charge in [-0.15, -0.1) is 10.2 Å². The lowest BCUT2D eigenvalue weighted by Crippen LogP contribution is -2.15. The van der Waals surface area contributed by atoms with Gasteiger partial charge in [-0.05, 0) is 68.1 Å². The number of hydrogen-bond donors (Lipinski definition) is 0. The van der Waals surface area contributed by atoms with Gasteiger partial charge in [-0.3, -0.25) is 4.79 Å². The van der Waals surface area contributed by atoms with E-state index >= 15 is 0 Å². The van der Waals surface area contributed by atoms with Crippen molar-refractivity contribution in [2.45, 2.75) is 44.6 Å². The first kappa shape index (κ1) is 20.1. The van der Waals surface area contributed by atoms with Crippen molar-refractivity contribution < 1.29 is 13.9 Å². The van der Waals surface area contributed by atoms with Crippen LogP contribution in [0.4, 0.5) is 0 Å². The molecule has 0 fully saturated rings. The molecule has 0 saturated heterocycles. The lowest BCUT2D eigenvalue weighted by atomic mass is 9.97. The third-order valence-electron chi connectivity index (χ3n) is 4.72. The minimum atomic E-state index is -0.310. The van der Waals surface area contributed by atoms with Gasteiger partial charge in [0, 0.05) is 5.56 Å². The standard InChI is InChI=1S/C22H24N2O3S/c1-13-10-15(3)19(11-14(13)2)21(25)16(4)28-22-24-23-20(27-22)12-17-6-8-18(26-5)9-7-17/h6-11,16H,12H2,1-5H3. The first-order chi connectivity index (χ1) is 13.4. The lowest BCUT2D eigenvalue weighted by molar-refractivity contribution is 0.0993. The fourth-order valence-corrected chi connectivity index (χ4v) is 3.69. The molecule has 5 nitrogen and oxygen atoms in total. The molecular weight excluding hydrogens is 372 g/mol. The molecule has 1 unspecified atom stereocenters. The summed E-state index contributed by atoms with van der Waals surface area (Å²) in [6, 6.07) is 11.7. The molecule has 3 aromatic rings. The molecule has 0 aliphatic heterocycles. The average Bonchev–Trinajstić information content (AvgIpc) is 3.11. The number of methoxy groups -OCH3 is 1. The zero-order chi connectivity index (χ0) is 20.3. The number of aryl methyl sites for hydroxylation is 3. The average molecular weight is 397 g/mol. The summed E-state index contributed by atoms with van der Waals surface area (Å²) < 4.78 is 10.9. The molecule has 0 amide bonds. The van der Waals surface area contributed by atoms with Crippen molar-refractivity contribution in [1.29, 1.82) is 0 Å². The second kappa shape index (κ2) is 8.61. The quantitative estimate of drug-likeness (QED) is 0.415. The summed E-state index contributed by atoms with van der Waals surface area (Å²) >= 11 is 1.29. The van der Waals surface area contributed by atoms with E-state index in [4.69, 9.17) is 9.15 Å². The van der Waals surface area contributed by atoms with Crippen molar-refractivity contribution in [2.75, 3.05) is 7.11 Å². The van der Waals surface area contributed by atoms with Gasteiger partial charge in [-0.2, -0.15) is 0 Å². The molecule has 0 aliphatic carbocycles. The van der Waals surface area contributed by atoms with E-state index in [9.17, 15) is 4.79 Å². The molecule has 0 aliphatic rings. The Morgan fingerprint density at radius 2 is 1.75 bits per heavy atom. The van der Waals surface area contributed by atoms with Crippen LogP contribution in [0.3, 0.4) is 0 Å². The summed E-state index contributed by atoms with van der Waals surface area (Å²) in [4.78, 5) is 12.9. The number of aromatic nitrogens is 2. The predicted octanol–water partition coefficient (Wildman–Crippen LogP) is 4.96. The smallest absolute Gasteiger partial charge is 0.277 e. The molecule has 2 aromatic carbocycles. The third-order valence-corrected chi connectivity index (χ3v) is 5.65. The van der Waals surface area contributed by atoms with E-state index < -0.39 is 0 Å². The van der Waals surface area contributed by atoms with Gasteiger partial charge in [0.15, 0.2) is 5.78 Å². The number of carbonyl (C=O) groups excluding carboxylic acids is 1. The van der Waals surface area contributed by atoms with Crippen molar-refractivity contribution in [1.82, 2.24) is 10.2 Å². The number of nitrogens with zero attached hydrogens (tertiary/aromatic N) is 2. The zero-order valence-electron chi connectivity index (χ0n) is 16.8. The Balaban J connectivity index is 1.67. The molecule has 1 heterocycles. The van der Waals surface area contributed by atoms with Gasteiger partial charge >= 0.3 is 0 Å². The Morgan fingerprint density at radius 3 is 2.43 bits per heavy atom. The van der Waals surface area contributed by atoms with Gasteiger partial charge < -0.3 is 9.15 Å².